The van der Waals surface area contributed by atoms with Crippen LogP contribution in [0.1, 0.15) is 81.7 Å². The summed E-state index contributed by atoms with van der Waals surface area (Å²) in [4.78, 5) is 0. The van der Waals surface area contributed by atoms with Crippen molar-refractivity contribution in [2.75, 3.05) is 19.6 Å². The zero-order chi connectivity index (χ0) is 6.00. The van der Waals surface area contributed by atoms with E-state index in [1.165, 1.54) is 0 Å². The van der Waals surface area contributed by atoms with Crippen LogP contribution in [0, 0.1) is 0 Å². The molecule has 0 aromatic rings. The molecule has 17 heavy (non-hydrogen) atoms. The molecule has 0 aliphatic rings. The van der Waals surface area contributed by atoms with Crippen LogP contribution in [0.15, 0.2) is 0 Å². The predicted molar refractivity (Wildman–Crippen MR) is 112 cm³/mol. The minimum atomic E-state index is 0. The monoisotopic (exact) mass is 304 g/mol. The van der Waals surface area contributed by atoms with Gasteiger partial charge in [0.15, 0.2) is 0 Å². The summed E-state index contributed by atoms with van der Waals surface area (Å²) in [5.74, 6) is 0. The molecule has 0 heterocycles. The maximum Gasteiger partial charge on any atom is 0.0319 e. The zero-order valence-electron chi connectivity index (χ0n) is 4.34. The van der Waals surface area contributed by atoms with Gasteiger partial charge in [0.25, 0.3) is 0 Å². The second-order valence-electron chi connectivity index (χ2n) is 0. The van der Waals surface area contributed by atoms with Crippen LogP contribution in [0.2, 0.25) is 0 Å². The molecule has 3 heteroatoms. The summed E-state index contributed by atoms with van der Waals surface area (Å²) in [5, 5.41) is 7.00. The molecular formula is C14H56OS2. The molecule has 0 bridgehead atoms. The van der Waals surface area contributed by atoms with E-state index in [0.717, 1.165) is 7.11 Å². The molecular weight excluding hydrogens is 248 g/mol. The Labute approximate surface area is 132 Å². The van der Waals surface area contributed by atoms with E-state index >= 15 is 0 Å². The van der Waals surface area contributed by atoms with Gasteiger partial charge in [0.2, 0.25) is 0 Å². The second kappa shape index (κ2) is 9380. The molecule has 0 aromatic carbocycles. The SMILES string of the molecule is C.C.C.C.C.C.C.C.C.C.C.CO.CS.CS. The third-order valence-electron chi connectivity index (χ3n) is 0. The summed E-state index contributed by atoms with van der Waals surface area (Å²) >= 11 is 7.06. The Morgan fingerprint density at radius 3 is 0.353 bits per heavy atom. The van der Waals surface area contributed by atoms with Crippen LogP contribution in [0.5, 0.6) is 0 Å². The largest absolute Gasteiger partial charge is 0.400 e. The average molecular weight is 305 g/mol. The Balaban J connectivity index is -0.000000000500. The van der Waals surface area contributed by atoms with Crippen LogP contribution in [0.4, 0.5) is 0 Å². The molecule has 0 saturated carbocycles. The van der Waals surface area contributed by atoms with Crippen molar-refractivity contribution < 1.29 is 5.11 Å². The summed E-state index contributed by atoms with van der Waals surface area (Å²) in [6.45, 7) is 0. The van der Waals surface area contributed by atoms with E-state index in [1.807, 2.05) is 0 Å². The summed E-state index contributed by atoms with van der Waals surface area (Å²) in [5.41, 5.74) is 0. The topological polar surface area (TPSA) is 20.2 Å². The van der Waals surface area contributed by atoms with E-state index < -0.39 is 0 Å². The van der Waals surface area contributed by atoms with Gasteiger partial charge in [0, 0.05) is 7.11 Å². The van der Waals surface area contributed by atoms with Crippen molar-refractivity contribution in [1.82, 2.24) is 0 Å². The van der Waals surface area contributed by atoms with E-state index in [4.69, 9.17) is 5.11 Å². The van der Waals surface area contributed by atoms with Crippen molar-refractivity contribution in [3.63, 3.8) is 0 Å². The van der Waals surface area contributed by atoms with Crippen molar-refractivity contribution in [1.29, 1.82) is 0 Å². The Morgan fingerprint density at radius 2 is 0.353 bits per heavy atom. The van der Waals surface area contributed by atoms with Gasteiger partial charge in [0.1, 0.15) is 0 Å². The van der Waals surface area contributed by atoms with Gasteiger partial charge in [-0.05, 0) is 12.5 Å². The molecule has 0 amide bonds. The summed E-state index contributed by atoms with van der Waals surface area (Å²) in [7, 11) is 1.00. The highest BCUT2D eigenvalue weighted by Crippen LogP contribution is 1.31. The molecule has 0 aliphatic heterocycles. The lowest BCUT2D eigenvalue weighted by atomic mass is 11.8. The van der Waals surface area contributed by atoms with Crippen LogP contribution in [0.25, 0.3) is 0 Å². The fraction of sp³-hybridized carbons (Fsp3) is 1.00. The third-order valence-corrected chi connectivity index (χ3v) is 0. The first-order chi connectivity index (χ1) is 3.00. The minimum absolute atomic E-state index is 0. The van der Waals surface area contributed by atoms with Gasteiger partial charge < -0.3 is 5.11 Å². The van der Waals surface area contributed by atoms with Crippen molar-refractivity contribution in [2.24, 2.45) is 0 Å². The van der Waals surface area contributed by atoms with Gasteiger partial charge in [-0.1, -0.05) is 81.7 Å². The lowest BCUT2D eigenvalue weighted by Gasteiger charge is -1.21. The summed E-state index contributed by atoms with van der Waals surface area (Å²) < 4.78 is 0. The van der Waals surface area contributed by atoms with Gasteiger partial charge in [-0.15, -0.1) is 0 Å². The molecule has 1 N–H and O–H groups in total. The predicted octanol–water partition coefficient (Wildman–Crippen LogP) is 7.70. The Kier molecular flexibility index (Phi) is 202000. The van der Waals surface area contributed by atoms with Crippen molar-refractivity contribution in [3.8, 4) is 0 Å². The van der Waals surface area contributed by atoms with Crippen molar-refractivity contribution in [2.45, 2.75) is 81.7 Å². The summed E-state index contributed by atoms with van der Waals surface area (Å²) in [6, 6.07) is 0. The molecule has 0 unspecified atom stereocenters. The lowest BCUT2D eigenvalue weighted by Crippen LogP contribution is -1.25. The number of aliphatic hydroxyl groups is 1. The first kappa shape index (κ1) is 366. The Hall–Kier alpha value is 0.660. The van der Waals surface area contributed by atoms with Crippen LogP contribution in [-0.2, 0) is 0 Å². The van der Waals surface area contributed by atoms with E-state index in [0.29, 0.717) is 0 Å². The maximum absolute atomic E-state index is 7.00. The van der Waals surface area contributed by atoms with Crippen LogP contribution >= 0.6 is 25.3 Å². The molecule has 0 fully saturated rings. The van der Waals surface area contributed by atoms with Crippen LogP contribution < -0.4 is 0 Å². The van der Waals surface area contributed by atoms with E-state index in [1.54, 1.807) is 12.5 Å². The highest BCUT2D eigenvalue weighted by atomic mass is 32.1. The van der Waals surface area contributed by atoms with Gasteiger partial charge >= 0.3 is 0 Å². The first-order valence-corrected chi connectivity index (χ1v) is 3.13. The quantitative estimate of drug-likeness (QED) is 0.392. The first-order valence-electron chi connectivity index (χ1n) is 1.34. The molecule has 0 radical (unpaired) electrons. The van der Waals surface area contributed by atoms with E-state index in [-0.39, 0.29) is 81.7 Å². The van der Waals surface area contributed by atoms with Gasteiger partial charge in [0.05, 0.1) is 0 Å². The van der Waals surface area contributed by atoms with E-state index in [9.17, 15) is 0 Å². The number of hydrogen-bond acceptors (Lipinski definition) is 3. The molecule has 0 saturated heterocycles. The van der Waals surface area contributed by atoms with Gasteiger partial charge in [-0.3, -0.25) is 0 Å². The molecule has 130 valence electrons. The number of thiol groups is 2. The molecule has 1 nitrogen and oxygen atoms in total. The minimum Gasteiger partial charge on any atom is -0.400 e. The van der Waals surface area contributed by atoms with Crippen LogP contribution in [-0.4, -0.2) is 24.7 Å². The molecule has 0 rings (SSSR count). The third kappa shape index (κ3) is 8220. The lowest BCUT2D eigenvalue weighted by molar-refractivity contribution is 0.399. The average Bonchev–Trinajstić information content (AvgIpc) is 1.81. The number of aliphatic hydroxyl groups excluding tert-OH is 1. The van der Waals surface area contributed by atoms with Gasteiger partial charge in [-0.2, -0.15) is 25.3 Å². The molecule has 0 aliphatic carbocycles. The highest BCUT2D eigenvalue weighted by molar-refractivity contribution is 7.79. The fourth-order valence-corrected chi connectivity index (χ4v) is 0. The van der Waals surface area contributed by atoms with E-state index in [2.05, 4.69) is 25.3 Å². The second-order valence-corrected chi connectivity index (χ2v) is 0. The van der Waals surface area contributed by atoms with Gasteiger partial charge in [-0.25, -0.2) is 0 Å². The molecule has 0 atom stereocenters. The number of hydrogen-bond donors (Lipinski definition) is 3. The van der Waals surface area contributed by atoms with Crippen molar-refractivity contribution in [3.05, 3.63) is 0 Å². The Morgan fingerprint density at radius 1 is 0.353 bits per heavy atom. The highest BCUT2D eigenvalue weighted by Gasteiger charge is 0.903. The standard InChI is InChI=1S/CH4O.2CH4S.11CH4/c3*1-2;;;;;;;;;;;/h3*2H,1H3;11*1H4. The molecule has 0 spiro atoms. The number of rotatable bonds is 0. The fourth-order valence-electron chi connectivity index (χ4n) is 0. The normalized spacial score (nSPS) is 1.06. The summed E-state index contributed by atoms with van der Waals surface area (Å²) in [6.07, 6.45) is 3.39. The Bertz CT molecular complexity index is 14.2. The molecule has 0 aromatic heterocycles. The zero-order valence-corrected chi connectivity index (χ0v) is 6.13. The smallest absolute Gasteiger partial charge is 0.0319 e. The van der Waals surface area contributed by atoms with Crippen LogP contribution in [0.3, 0.4) is 0 Å². The van der Waals surface area contributed by atoms with Crippen molar-refractivity contribution >= 4 is 25.3 Å². The maximum atomic E-state index is 7.00.